The first-order chi connectivity index (χ1) is 26.2. The fraction of sp³-hybridized carbons (Fsp3) is 0.750. The van der Waals surface area contributed by atoms with Crippen LogP contribution in [-0.4, -0.2) is 147 Å². The standard InChI is InChI=1S/C40H60N8O7/c1-7-37(3)20-29(50)39(5)33-28(49)8-10-40(33,26(2)34(37)53)12-11-38(39,4)55-31(52)22-45-16-18-46(19-17-45)30(51)9-14-47-25-44-32-35(47)42-24-43-36(32)48-15-13-41-21-27(48)23-54-6/h7,24-27,29,33-34,41,50,53H,1,8-23H2,2-6H3. The second kappa shape index (κ2) is 15.1. The van der Waals surface area contributed by atoms with Crippen molar-refractivity contribution >= 4 is 34.6 Å². The van der Waals surface area contributed by atoms with Crippen molar-refractivity contribution < 1.29 is 34.1 Å². The molecule has 2 aromatic rings. The van der Waals surface area contributed by atoms with Crippen molar-refractivity contribution in [2.75, 3.05) is 71.0 Å². The Labute approximate surface area is 323 Å². The Kier molecular flexibility index (Phi) is 10.9. The monoisotopic (exact) mass is 764 g/mol. The van der Waals surface area contributed by atoms with Crippen LogP contribution in [0.1, 0.15) is 66.2 Å². The molecule has 0 spiro atoms. The van der Waals surface area contributed by atoms with Gasteiger partial charge in [-0.05, 0) is 43.9 Å². The number of amides is 1. The number of methoxy groups -OCH3 is 1. The van der Waals surface area contributed by atoms with Crippen LogP contribution in [0.3, 0.4) is 0 Å². The number of esters is 1. The Hall–Kier alpha value is -3.50. The number of aryl methyl sites for hydroxylation is 1. The number of piperazine rings is 2. The molecule has 0 aromatic carbocycles. The first kappa shape index (κ1) is 39.7. The fourth-order valence-electron chi connectivity index (χ4n) is 11.1. The molecule has 0 radical (unpaired) electrons. The summed E-state index contributed by atoms with van der Waals surface area (Å²) < 4.78 is 13.8. The molecule has 2 bridgehead atoms. The molecule has 2 aromatic heterocycles. The van der Waals surface area contributed by atoms with E-state index < -0.39 is 45.9 Å². The normalized spacial score (nSPS) is 37.0. The Balaban J connectivity index is 0.961. The second-order valence-electron chi connectivity index (χ2n) is 17.5. The number of imidazole rings is 1. The molecule has 4 heterocycles. The number of carbonyl (C=O) groups excluding carboxylic acids is 3. The number of hydrogen-bond acceptors (Lipinski definition) is 13. The molecule has 15 heteroatoms. The summed E-state index contributed by atoms with van der Waals surface area (Å²) in [5, 5.41) is 27.1. The zero-order valence-corrected chi connectivity index (χ0v) is 33.2. The van der Waals surface area contributed by atoms with Crippen LogP contribution >= 0.6 is 0 Å². The van der Waals surface area contributed by atoms with E-state index in [1.165, 1.54) is 0 Å². The summed E-state index contributed by atoms with van der Waals surface area (Å²) in [7, 11) is 1.69. The number of hydrogen-bond donors (Lipinski definition) is 3. The van der Waals surface area contributed by atoms with E-state index >= 15 is 0 Å². The van der Waals surface area contributed by atoms with Crippen LogP contribution in [0, 0.1) is 28.1 Å². The predicted molar refractivity (Wildman–Crippen MR) is 205 cm³/mol. The maximum atomic E-state index is 13.8. The Morgan fingerprint density at radius 3 is 2.56 bits per heavy atom. The van der Waals surface area contributed by atoms with Crippen molar-refractivity contribution in [2.24, 2.45) is 28.1 Å². The number of Topliss-reactive ketones (excluding diaryl/α,β-unsaturated/α-hetero) is 1. The van der Waals surface area contributed by atoms with Gasteiger partial charge in [0.2, 0.25) is 5.91 Å². The van der Waals surface area contributed by atoms with Gasteiger partial charge in [-0.2, -0.15) is 0 Å². The molecule has 55 heavy (non-hydrogen) atoms. The number of carbonyl (C=O) groups is 3. The summed E-state index contributed by atoms with van der Waals surface area (Å²) in [6.45, 7) is 17.2. The van der Waals surface area contributed by atoms with Gasteiger partial charge in [-0.3, -0.25) is 19.3 Å². The summed E-state index contributed by atoms with van der Waals surface area (Å²) in [5.74, 6) is -0.265. The first-order valence-electron chi connectivity index (χ1n) is 20.1. The summed E-state index contributed by atoms with van der Waals surface area (Å²) in [4.78, 5) is 60.7. The van der Waals surface area contributed by atoms with Gasteiger partial charge in [0.15, 0.2) is 17.0 Å². The smallest absolute Gasteiger partial charge is 0.320 e. The van der Waals surface area contributed by atoms with Crippen molar-refractivity contribution in [1.29, 1.82) is 0 Å². The highest BCUT2D eigenvalue weighted by atomic mass is 16.6. The number of nitrogens with one attached hydrogen (secondary N) is 1. The average molecular weight is 765 g/mol. The molecule has 7 rings (SSSR count). The van der Waals surface area contributed by atoms with Crippen molar-refractivity contribution in [2.45, 2.75) is 96.6 Å². The van der Waals surface area contributed by atoms with Crippen LogP contribution in [0.15, 0.2) is 25.3 Å². The Morgan fingerprint density at radius 1 is 1.07 bits per heavy atom. The van der Waals surface area contributed by atoms with Crippen molar-refractivity contribution in [3.63, 3.8) is 0 Å². The van der Waals surface area contributed by atoms with Gasteiger partial charge in [-0.1, -0.05) is 26.8 Å². The van der Waals surface area contributed by atoms with Crippen LogP contribution in [0.4, 0.5) is 5.82 Å². The van der Waals surface area contributed by atoms with Crippen molar-refractivity contribution in [3.05, 3.63) is 25.3 Å². The molecule has 2 saturated heterocycles. The number of ether oxygens (including phenoxy) is 2. The van der Waals surface area contributed by atoms with E-state index in [-0.39, 0.29) is 43.0 Å². The number of aromatic nitrogens is 4. The molecule has 9 atom stereocenters. The third-order valence-corrected chi connectivity index (χ3v) is 14.7. The zero-order valence-electron chi connectivity index (χ0n) is 33.2. The maximum absolute atomic E-state index is 13.8. The predicted octanol–water partition coefficient (Wildman–Crippen LogP) is 1.81. The Bertz CT molecular complexity index is 1780. The highest BCUT2D eigenvalue weighted by molar-refractivity contribution is 5.86. The van der Waals surface area contributed by atoms with Crippen LogP contribution < -0.4 is 10.2 Å². The molecule has 5 aliphatic rings. The van der Waals surface area contributed by atoms with Gasteiger partial charge in [0.1, 0.15) is 17.7 Å². The van der Waals surface area contributed by atoms with Crippen molar-refractivity contribution in [1.82, 2.24) is 34.6 Å². The quantitative estimate of drug-likeness (QED) is 0.236. The lowest BCUT2D eigenvalue weighted by molar-refractivity contribution is -0.252. The van der Waals surface area contributed by atoms with Crippen LogP contribution in [0.5, 0.6) is 0 Å². The summed E-state index contributed by atoms with van der Waals surface area (Å²) in [6.07, 6.45) is 5.88. The molecule has 3 N–H and O–H groups in total. The van der Waals surface area contributed by atoms with Crippen LogP contribution in [-0.2, 0) is 30.4 Å². The van der Waals surface area contributed by atoms with Crippen molar-refractivity contribution in [3.8, 4) is 0 Å². The molecule has 15 nitrogen and oxygen atoms in total. The molecule has 9 unspecified atom stereocenters. The van der Waals surface area contributed by atoms with Gasteiger partial charge in [-0.25, -0.2) is 15.0 Å². The van der Waals surface area contributed by atoms with E-state index in [4.69, 9.17) is 9.47 Å². The number of rotatable bonds is 10. The molecule has 3 saturated carbocycles. The van der Waals surface area contributed by atoms with E-state index in [0.29, 0.717) is 76.2 Å². The third-order valence-electron chi connectivity index (χ3n) is 14.7. The zero-order chi connectivity index (χ0) is 39.3. The van der Waals surface area contributed by atoms with Gasteiger partial charge < -0.3 is 39.4 Å². The molecular formula is C40H60N8O7. The van der Waals surface area contributed by atoms with Crippen LogP contribution in [0.2, 0.25) is 0 Å². The minimum atomic E-state index is -1.10. The van der Waals surface area contributed by atoms with E-state index in [1.54, 1.807) is 25.8 Å². The SMILES string of the molecule is C=CC1(C)CC(O)C2(C)C3C(=O)CCC3(CCC2(C)OC(=O)CN2CCN(C(=O)CCn3cnc4c(N5CCNCC5COC)ncnc43)CC2)C(C)C1O. The van der Waals surface area contributed by atoms with E-state index in [0.717, 1.165) is 25.5 Å². The highest BCUT2D eigenvalue weighted by Crippen LogP contribution is 2.69. The van der Waals surface area contributed by atoms with Gasteiger partial charge in [0.05, 0.1) is 37.7 Å². The molecule has 5 fully saturated rings. The van der Waals surface area contributed by atoms with E-state index in [9.17, 15) is 24.6 Å². The number of ketones is 1. The number of nitrogens with zero attached hydrogens (tertiary/aromatic N) is 7. The van der Waals surface area contributed by atoms with Gasteiger partial charge >= 0.3 is 5.97 Å². The minimum absolute atomic E-state index is 0.0251. The Morgan fingerprint density at radius 2 is 1.84 bits per heavy atom. The fourth-order valence-corrected chi connectivity index (χ4v) is 11.1. The van der Waals surface area contributed by atoms with Gasteiger partial charge in [0, 0.05) is 89.1 Å². The van der Waals surface area contributed by atoms with E-state index in [1.807, 2.05) is 42.1 Å². The summed E-state index contributed by atoms with van der Waals surface area (Å²) >= 11 is 0. The molecule has 1 amide bonds. The molecular weight excluding hydrogens is 704 g/mol. The van der Waals surface area contributed by atoms with Gasteiger partial charge in [0.25, 0.3) is 0 Å². The van der Waals surface area contributed by atoms with E-state index in [2.05, 4.69) is 31.7 Å². The van der Waals surface area contributed by atoms with Gasteiger partial charge in [-0.15, -0.1) is 6.58 Å². The molecule has 302 valence electrons. The summed E-state index contributed by atoms with van der Waals surface area (Å²) in [5.41, 5.74) is -2.02. The topological polar surface area (TPSA) is 175 Å². The average Bonchev–Trinajstić information content (AvgIpc) is 3.76. The molecule has 3 aliphatic carbocycles. The lowest BCUT2D eigenvalue weighted by Gasteiger charge is -2.64. The lowest BCUT2D eigenvalue weighted by Crippen LogP contribution is -2.69. The highest BCUT2D eigenvalue weighted by Gasteiger charge is 2.72. The lowest BCUT2D eigenvalue weighted by atomic mass is 9.42. The first-order valence-corrected chi connectivity index (χ1v) is 20.1. The largest absolute Gasteiger partial charge is 0.458 e. The van der Waals surface area contributed by atoms with Crippen LogP contribution in [0.25, 0.3) is 11.2 Å². The number of fused-ring (bicyclic) bond motifs is 1. The number of aliphatic hydroxyl groups is 2. The number of anilines is 1. The second-order valence-corrected chi connectivity index (χ2v) is 17.5. The minimum Gasteiger partial charge on any atom is -0.458 e. The summed E-state index contributed by atoms with van der Waals surface area (Å²) in [6, 6.07) is 0.128. The maximum Gasteiger partial charge on any atom is 0.320 e. The number of aliphatic hydroxyl groups excluding tert-OH is 2. The third kappa shape index (κ3) is 6.67. The molecule has 2 aliphatic heterocycles.